The van der Waals surface area contributed by atoms with Gasteiger partial charge in [-0.05, 0) is 23.8 Å². The lowest BCUT2D eigenvalue weighted by Gasteiger charge is -2.08. The largest absolute Gasteiger partial charge is 0.365 e. The minimum atomic E-state index is 0.236. The molecule has 2 aromatic rings. The van der Waals surface area contributed by atoms with Gasteiger partial charge in [0.15, 0.2) is 0 Å². The minimum absolute atomic E-state index is 0.236. The summed E-state index contributed by atoms with van der Waals surface area (Å²) in [7, 11) is 0. The average Bonchev–Trinajstić information content (AvgIpc) is 2.34. The summed E-state index contributed by atoms with van der Waals surface area (Å²) in [6, 6.07) is 9.52. The van der Waals surface area contributed by atoms with Crippen molar-refractivity contribution >= 4 is 56.6 Å². The fraction of sp³-hybridized carbons (Fsp3) is 0.0833. The minimum Gasteiger partial charge on any atom is -0.365 e. The third-order valence-electron chi connectivity index (χ3n) is 2.26. The van der Waals surface area contributed by atoms with E-state index in [1.165, 1.54) is 0 Å². The van der Waals surface area contributed by atoms with Gasteiger partial charge in [-0.3, -0.25) is 0 Å². The number of anilines is 1. The van der Waals surface area contributed by atoms with E-state index in [9.17, 15) is 0 Å². The second-order valence-corrected chi connectivity index (χ2v) is 5.66. The van der Waals surface area contributed by atoms with E-state index < -0.39 is 0 Å². The summed E-state index contributed by atoms with van der Waals surface area (Å²) >= 11 is 21.1. The molecule has 18 heavy (non-hydrogen) atoms. The second-order valence-electron chi connectivity index (χ2n) is 3.57. The van der Waals surface area contributed by atoms with Crippen molar-refractivity contribution in [2.75, 3.05) is 5.32 Å². The van der Waals surface area contributed by atoms with Crippen LogP contribution in [0.4, 0.5) is 5.82 Å². The monoisotopic (exact) mass is 364 g/mol. The second kappa shape index (κ2) is 6.11. The van der Waals surface area contributed by atoms with Crippen molar-refractivity contribution in [1.29, 1.82) is 0 Å². The molecule has 0 unspecified atom stereocenters. The maximum Gasteiger partial charge on any atom is 0.150 e. The lowest BCUT2D eigenvalue weighted by Crippen LogP contribution is -2.02. The Morgan fingerprint density at radius 2 is 1.72 bits per heavy atom. The summed E-state index contributed by atoms with van der Waals surface area (Å²) in [5.74, 6) is 0.522. The van der Waals surface area contributed by atoms with Crippen molar-refractivity contribution in [3.63, 3.8) is 0 Å². The molecule has 6 heteroatoms. The fourth-order valence-corrected chi connectivity index (χ4v) is 2.18. The fourth-order valence-electron chi connectivity index (χ4n) is 1.36. The molecule has 0 aliphatic heterocycles. The van der Waals surface area contributed by atoms with Crippen LogP contribution in [0.15, 0.2) is 34.8 Å². The van der Waals surface area contributed by atoms with E-state index in [2.05, 4.69) is 26.2 Å². The smallest absolute Gasteiger partial charge is 0.150 e. The van der Waals surface area contributed by atoms with Crippen molar-refractivity contribution in [1.82, 2.24) is 4.98 Å². The Hall–Kier alpha value is -0.480. The van der Waals surface area contributed by atoms with Crippen molar-refractivity contribution in [2.24, 2.45) is 0 Å². The summed E-state index contributed by atoms with van der Waals surface area (Å²) in [5, 5.41) is 4.14. The highest BCUT2D eigenvalue weighted by atomic mass is 79.9. The maximum atomic E-state index is 6.02. The van der Waals surface area contributed by atoms with Gasteiger partial charge in [-0.1, -0.05) is 62.9 Å². The first kappa shape index (κ1) is 13.9. The zero-order valence-electron chi connectivity index (χ0n) is 9.05. The molecule has 0 atom stereocenters. The molecule has 0 fully saturated rings. The predicted molar refractivity (Wildman–Crippen MR) is 80.7 cm³/mol. The molecule has 0 aliphatic carbocycles. The van der Waals surface area contributed by atoms with Gasteiger partial charge < -0.3 is 5.32 Å². The molecule has 2 rings (SSSR count). The van der Waals surface area contributed by atoms with E-state index in [0.29, 0.717) is 22.4 Å². The third-order valence-corrected chi connectivity index (χ3v) is 3.75. The highest BCUT2D eigenvalue weighted by molar-refractivity contribution is 9.10. The van der Waals surface area contributed by atoms with Crippen molar-refractivity contribution in [3.05, 3.63) is 55.6 Å². The number of nitrogens with zero attached hydrogens (tertiary/aromatic N) is 1. The first-order valence-electron chi connectivity index (χ1n) is 5.06. The first-order valence-corrected chi connectivity index (χ1v) is 6.99. The van der Waals surface area contributed by atoms with Gasteiger partial charge in [0.1, 0.15) is 11.0 Å². The molecule has 0 radical (unpaired) electrons. The van der Waals surface area contributed by atoms with E-state index >= 15 is 0 Å². The highest BCUT2D eigenvalue weighted by Crippen LogP contribution is 2.29. The molecule has 1 heterocycles. The molecule has 1 N–H and O–H groups in total. The Bertz CT molecular complexity index is 558. The van der Waals surface area contributed by atoms with E-state index in [0.717, 1.165) is 10.0 Å². The molecule has 0 spiro atoms. The Labute approximate surface area is 128 Å². The summed E-state index contributed by atoms with van der Waals surface area (Å²) < 4.78 is 1.04. The van der Waals surface area contributed by atoms with Crippen LogP contribution < -0.4 is 5.32 Å². The molecule has 0 saturated heterocycles. The van der Waals surface area contributed by atoms with Crippen LogP contribution in [-0.4, -0.2) is 4.98 Å². The van der Waals surface area contributed by atoms with Crippen LogP contribution in [-0.2, 0) is 6.54 Å². The standard InChI is InChI=1S/C12H8BrCl3N2/c13-8-3-1-7(2-4-8)6-17-12-10(15)5-9(14)11(16)18-12/h1-5H,6H2,(H,17,18). The van der Waals surface area contributed by atoms with Crippen molar-refractivity contribution in [2.45, 2.75) is 6.54 Å². The molecule has 94 valence electrons. The number of rotatable bonds is 3. The zero-order valence-corrected chi connectivity index (χ0v) is 12.9. The van der Waals surface area contributed by atoms with Crippen LogP contribution in [0.5, 0.6) is 0 Å². The molecular weight excluding hydrogens is 358 g/mol. The number of benzene rings is 1. The molecule has 0 aliphatic rings. The SMILES string of the molecule is Clc1cc(Cl)c(NCc2ccc(Br)cc2)nc1Cl. The van der Waals surface area contributed by atoms with Gasteiger partial charge >= 0.3 is 0 Å². The highest BCUT2D eigenvalue weighted by Gasteiger charge is 2.07. The molecule has 0 amide bonds. The Morgan fingerprint density at radius 3 is 2.39 bits per heavy atom. The number of hydrogen-bond acceptors (Lipinski definition) is 2. The van der Waals surface area contributed by atoms with Gasteiger partial charge in [0.2, 0.25) is 0 Å². The van der Waals surface area contributed by atoms with Crippen LogP contribution in [0.2, 0.25) is 15.2 Å². The Morgan fingerprint density at radius 1 is 1.06 bits per heavy atom. The normalized spacial score (nSPS) is 10.4. The number of pyridine rings is 1. The molecule has 1 aromatic heterocycles. The molecular formula is C12H8BrCl3N2. The van der Waals surface area contributed by atoms with Crippen molar-refractivity contribution < 1.29 is 0 Å². The summed E-state index contributed by atoms with van der Waals surface area (Å²) in [4.78, 5) is 4.09. The average molecular weight is 366 g/mol. The van der Waals surface area contributed by atoms with Crippen LogP contribution in [0, 0.1) is 0 Å². The quantitative estimate of drug-likeness (QED) is 0.734. The number of halogens is 4. The third kappa shape index (κ3) is 3.51. The topological polar surface area (TPSA) is 24.9 Å². The van der Waals surface area contributed by atoms with Crippen LogP contribution in [0.25, 0.3) is 0 Å². The van der Waals surface area contributed by atoms with Crippen LogP contribution in [0.1, 0.15) is 5.56 Å². The van der Waals surface area contributed by atoms with Gasteiger partial charge in [-0.25, -0.2) is 4.98 Å². The predicted octanol–water partition coefficient (Wildman–Crippen LogP) is 5.42. The Balaban J connectivity index is 2.10. The molecule has 2 nitrogen and oxygen atoms in total. The van der Waals surface area contributed by atoms with Crippen molar-refractivity contribution in [3.8, 4) is 0 Å². The van der Waals surface area contributed by atoms with Gasteiger partial charge in [0.05, 0.1) is 10.0 Å². The van der Waals surface area contributed by atoms with Crippen LogP contribution in [0.3, 0.4) is 0 Å². The molecule has 0 bridgehead atoms. The van der Waals surface area contributed by atoms with E-state index in [1.807, 2.05) is 24.3 Å². The number of nitrogens with one attached hydrogen (secondary N) is 1. The zero-order chi connectivity index (χ0) is 13.1. The summed E-state index contributed by atoms with van der Waals surface area (Å²) in [6.07, 6.45) is 0. The van der Waals surface area contributed by atoms with E-state index in [4.69, 9.17) is 34.8 Å². The van der Waals surface area contributed by atoms with Crippen LogP contribution >= 0.6 is 50.7 Å². The van der Waals surface area contributed by atoms with E-state index in [1.54, 1.807) is 6.07 Å². The molecule has 0 saturated carbocycles. The number of aromatic nitrogens is 1. The lowest BCUT2D eigenvalue weighted by molar-refractivity contribution is 1.11. The van der Waals surface area contributed by atoms with Gasteiger partial charge in [0.25, 0.3) is 0 Å². The Kier molecular flexibility index (Phi) is 4.73. The summed E-state index contributed by atoms with van der Waals surface area (Å²) in [5.41, 5.74) is 1.11. The lowest BCUT2D eigenvalue weighted by atomic mass is 10.2. The molecule has 1 aromatic carbocycles. The van der Waals surface area contributed by atoms with Gasteiger partial charge in [-0.15, -0.1) is 0 Å². The summed E-state index contributed by atoms with van der Waals surface area (Å²) in [6.45, 7) is 0.609. The maximum absolute atomic E-state index is 6.02. The van der Waals surface area contributed by atoms with E-state index in [-0.39, 0.29) is 5.15 Å². The van der Waals surface area contributed by atoms with Gasteiger partial charge in [0, 0.05) is 11.0 Å². The van der Waals surface area contributed by atoms with Gasteiger partial charge in [-0.2, -0.15) is 0 Å². The first-order chi connectivity index (χ1) is 8.56. The number of hydrogen-bond donors (Lipinski definition) is 1.